The monoisotopic (exact) mass is 270 g/mol. The summed E-state index contributed by atoms with van der Waals surface area (Å²) in [5, 5.41) is 2.87. The predicted molar refractivity (Wildman–Crippen MR) is 75.2 cm³/mol. The molecule has 0 N–H and O–H groups in total. The van der Waals surface area contributed by atoms with Crippen LogP contribution in [-0.4, -0.2) is 30.1 Å². The highest BCUT2D eigenvalue weighted by molar-refractivity contribution is 7.13. The highest BCUT2D eigenvalue weighted by Crippen LogP contribution is 2.27. The molecule has 0 fully saturated rings. The zero-order valence-corrected chi connectivity index (χ0v) is 12.6. The number of anilines is 1. The van der Waals surface area contributed by atoms with E-state index in [1.54, 1.807) is 11.3 Å². The Morgan fingerprint density at radius 1 is 1.50 bits per heavy atom. The number of hydrogen-bond donors (Lipinski definition) is 0. The molecule has 0 saturated carbocycles. The second-order valence-electron chi connectivity index (χ2n) is 4.83. The Labute approximate surface area is 113 Å². The molecule has 0 unspecified atom stereocenters. The molecule has 1 aromatic heterocycles. The SMILES string of the molecule is CCOC(=O)Cc1csc(N(C)C(C)(C)CC)n1. The van der Waals surface area contributed by atoms with Gasteiger partial charge in [0.05, 0.1) is 18.7 Å². The van der Waals surface area contributed by atoms with Crippen LogP contribution in [0, 0.1) is 0 Å². The summed E-state index contributed by atoms with van der Waals surface area (Å²) in [6.07, 6.45) is 1.29. The van der Waals surface area contributed by atoms with Crippen LogP contribution in [0.4, 0.5) is 5.13 Å². The van der Waals surface area contributed by atoms with E-state index in [0.717, 1.165) is 17.2 Å². The van der Waals surface area contributed by atoms with Gasteiger partial charge in [-0.1, -0.05) is 6.92 Å². The first-order chi connectivity index (χ1) is 8.40. The third kappa shape index (κ3) is 3.70. The second-order valence-corrected chi connectivity index (χ2v) is 5.66. The smallest absolute Gasteiger partial charge is 0.311 e. The fraction of sp³-hybridized carbons (Fsp3) is 0.692. The van der Waals surface area contributed by atoms with E-state index in [2.05, 4.69) is 30.7 Å². The standard InChI is InChI=1S/C13H22N2O2S/c1-6-13(3,4)15(5)12-14-10(9-18-12)8-11(16)17-7-2/h9H,6-8H2,1-5H3. The topological polar surface area (TPSA) is 42.4 Å². The first-order valence-corrected chi connectivity index (χ1v) is 7.12. The largest absolute Gasteiger partial charge is 0.466 e. The lowest BCUT2D eigenvalue weighted by Gasteiger charge is -2.34. The molecular formula is C13H22N2O2S. The molecular weight excluding hydrogens is 248 g/mol. The Kier molecular flexibility index (Phi) is 5.14. The van der Waals surface area contributed by atoms with Gasteiger partial charge in [-0.3, -0.25) is 4.79 Å². The summed E-state index contributed by atoms with van der Waals surface area (Å²) < 4.78 is 4.92. The minimum absolute atomic E-state index is 0.0685. The van der Waals surface area contributed by atoms with Crippen LogP contribution in [0.1, 0.15) is 39.8 Å². The molecule has 0 saturated heterocycles. The number of carbonyl (C=O) groups excluding carboxylic acids is 1. The van der Waals surface area contributed by atoms with Gasteiger partial charge in [0.1, 0.15) is 0 Å². The van der Waals surface area contributed by atoms with Crippen LogP contribution in [0.5, 0.6) is 0 Å². The van der Waals surface area contributed by atoms with Gasteiger partial charge in [0.25, 0.3) is 0 Å². The lowest BCUT2D eigenvalue weighted by atomic mass is 10.0. The van der Waals surface area contributed by atoms with E-state index in [0.29, 0.717) is 6.61 Å². The van der Waals surface area contributed by atoms with Crippen molar-refractivity contribution in [2.75, 3.05) is 18.6 Å². The van der Waals surface area contributed by atoms with Crippen LogP contribution in [0.3, 0.4) is 0 Å². The van der Waals surface area contributed by atoms with Crippen LogP contribution >= 0.6 is 11.3 Å². The number of carbonyl (C=O) groups is 1. The average molecular weight is 270 g/mol. The van der Waals surface area contributed by atoms with Gasteiger partial charge in [-0.2, -0.15) is 0 Å². The number of nitrogens with zero attached hydrogens (tertiary/aromatic N) is 2. The molecule has 0 aliphatic carbocycles. The van der Waals surface area contributed by atoms with Gasteiger partial charge in [-0.05, 0) is 27.2 Å². The fourth-order valence-electron chi connectivity index (χ4n) is 1.39. The molecule has 102 valence electrons. The third-order valence-electron chi connectivity index (χ3n) is 3.23. The number of thiazole rings is 1. The van der Waals surface area contributed by atoms with Crippen molar-refractivity contribution in [1.29, 1.82) is 0 Å². The van der Waals surface area contributed by atoms with Crippen LogP contribution in [0.2, 0.25) is 0 Å². The Hall–Kier alpha value is -1.10. The predicted octanol–water partition coefficient (Wildman–Crippen LogP) is 2.87. The maximum Gasteiger partial charge on any atom is 0.311 e. The summed E-state index contributed by atoms with van der Waals surface area (Å²) in [5.74, 6) is -0.216. The van der Waals surface area contributed by atoms with Crippen molar-refractivity contribution >= 4 is 22.4 Å². The molecule has 4 nitrogen and oxygen atoms in total. The highest BCUT2D eigenvalue weighted by Gasteiger charge is 2.23. The average Bonchev–Trinajstić information content (AvgIpc) is 2.76. The Balaban J connectivity index is 2.71. The van der Waals surface area contributed by atoms with E-state index < -0.39 is 0 Å². The molecule has 0 aromatic carbocycles. The van der Waals surface area contributed by atoms with E-state index in [4.69, 9.17) is 4.74 Å². The lowest BCUT2D eigenvalue weighted by Crippen LogP contribution is -2.40. The molecule has 1 aromatic rings. The zero-order chi connectivity index (χ0) is 13.8. The Morgan fingerprint density at radius 3 is 2.72 bits per heavy atom. The number of esters is 1. The molecule has 0 atom stereocenters. The second kappa shape index (κ2) is 6.18. The van der Waals surface area contributed by atoms with Crippen LogP contribution < -0.4 is 4.90 Å². The molecule has 5 heteroatoms. The molecule has 0 amide bonds. The summed E-state index contributed by atoms with van der Waals surface area (Å²) in [6, 6.07) is 0. The third-order valence-corrected chi connectivity index (χ3v) is 4.20. The summed E-state index contributed by atoms with van der Waals surface area (Å²) in [5.41, 5.74) is 0.853. The van der Waals surface area contributed by atoms with E-state index in [-0.39, 0.29) is 17.9 Å². The van der Waals surface area contributed by atoms with E-state index in [1.807, 2.05) is 19.4 Å². The van der Waals surface area contributed by atoms with Crippen molar-refractivity contribution in [3.05, 3.63) is 11.1 Å². The number of ether oxygens (including phenoxy) is 1. The van der Waals surface area contributed by atoms with Crippen molar-refractivity contribution in [2.45, 2.75) is 46.1 Å². The molecule has 0 aliphatic heterocycles. The number of hydrogen-bond acceptors (Lipinski definition) is 5. The molecule has 0 spiro atoms. The van der Waals surface area contributed by atoms with Gasteiger partial charge < -0.3 is 9.64 Å². The first-order valence-electron chi connectivity index (χ1n) is 6.24. The van der Waals surface area contributed by atoms with Gasteiger partial charge >= 0.3 is 5.97 Å². The molecule has 1 heterocycles. The van der Waals surface area contributed by atoms with Crippen LogP contribution in [0.25, 0.3) is 0 Å². The minimum Gasteiger partial charge on any atom is -0.466 e. The van der Waals surface area contributed by atoms with Gasteiger partial charge in [0, 0.05) is 18.0 Å². The lowest BCUT2D eigenvalue weighted by molar-refractivity contribution is -0.142. The maximum atomic E-state index is 11.4. The van der Waals surface area contributed by atoms with Crippen LogP contribution in [-0.2, 0) is 16.0 Å². The van der Waals surface area contributed by atoms with Crippen molar-refractivity contribution in [2.24, 2.45) is 0 Å². The van der Waals surface area contributed by atoms with Crippen molar-refractivity contribution < 1.29 is 9.53 Å². The van der Waals surface area contributed by atoms with Crippen molar-refractivity contribution in [3.8, 4) is 0 Å². The fourth-order valence-corrected chi connectivity index (χ4v) is 2.34. The summed E-state index contributed by atoms with van der Waals surface area (Å²) in [6.45, 7) is 8.74. The highest BCUT2D eigenvalue weighted by atomic mass is 32.1. The van der Waals surface area contributed by atoms with E-state index in [9.17, 15) is 4.79 Å². The molecule has 18 heavy (non-hydrogen) atoms. The van der Waals surface area contributed by atoms with Gasteiger partial charge in [-0.15, -0.1) is 11.3 Å². The molecule has 0 bridgehead atoms. The number of rotatable bonds is 6. The summed E-state index contributed by atoms with van der Waals surface area (Å²) in [7, 11) is 2.04. The van der Waals surface area contributed by atoms with Gasteiger partial charge in [-0.25, -0.2) is 4.98 Å². The Bertz CT molecular complexity index is 401. The zero-order valence-electron chi connectivity index (χ0n) is 11.8. The van der Waals surface area contributed by atoms with Crippen LogP contribution in [0.15, 0.2) is 5.38 Å². The maximum absolute atomic E-state index is 11.4. The molecule has 1 rings (SSSR count). The quantitative estimate of drug-likeness (QED) is 0.745. The molecule has 0 radical (unpaired) electrons. The first kappa shape index (κ1) is 15.0. The van der Waals surface area contributed by atoms with Gasteiger partial charge in [0.15, 0.2) is 5.13 Å². The normalized spacial score (nSPS) is 11.4. The van der Waals surface area contributed by atoms with Crippen molar-refractivity contribution in [3.63, 3.8) is 0 Å². The summed E-state index contributed by atoms with van der Waals surface area (Å²) >= 11 is 1.57. The Morgan fingerprint density at radius 2 is 2.17 bits per heavy atom. The van der Waals surface area contributed by atoms with Crippen molar-refractivity contribution in [1.82, 2.24) is 4.98 Å². The van der Waals surface area contributed by atoms with E-state index >= 15 is 0 Å². The van der Waals surface area contributed by atoms with Gasteiger partial charge in [0.2, 0.25) is 0 Å². The molecule has 0 aliphatic rings. The van der Waals surface area contributed by atoms with E-state index in [1.165, 1.54) is 0 Å². The number of aromatic nitrogens is 1. The minimum atomic E-state index is -0.216. The summed E-state index contributed by atoms with van der Waals surface area (Å²) in [4.78, 5) is 18.0.